The van der Waals surface area contributed by atoms with Crippen LogP contribution in [-0.2, 0) is 15.9 Å². The molecule has 0 amide bonds. The fraction of sp³-hybridized carbons (Fsp3) is 0.429. The van der Waals surface area contributed by atoms with Gasteiger partial charge in [0.2, 0.25) is 0 Å². The van der Waals surface area contributed by atoms with E-state index in [9.17, 15) is 0 Å². The third-order valence-electron chi connectivity index (χ3n) is 4.45. The summed E-state index contributed by atoms with van der Waals surface area (Å²) in [5.74, 6) is 1.78. The molecule has 25 heavy (non-hydrogen) atoms. The quantitative estimate of drug-likeness (QED) is 0.674. The zero-order valence-electron chi connectivity index (χ0n) is 15.0. The lowest BCUT2D eigenvalue weighted by Gasteiger charge is -2.26. The lowest BCUT2D eigenvalue weighted by Crippen LogP contribution is -2.25. The molecule has 0 aromatic heterocycles. The zero-order chi connectivity index (χ0) is 17.5. The van der Waals surface area contributed by atoms with E-state index in [2.05, 4.69) is 18.2 Å². The first kappa shape index (κ1) is 17.6. The Kier molecular flexibility index (Phi) is 6.18. The van der Waals surface area contributed by atoms with Crippen LogP contribution < -0.4 is 9.47 Å². The Hall–Kier alpha value is -2.20. The summed E-state index contributed by atoms with van der Waals surface area (Å²) in [6.07, 6.45) is 8.47. The number of fused-ring (bicyclic) bond motifs is 1. The smallest absolute Gasteiger partial charge is 0.199 e. The molecule has 4 nitrogen and oxygen atoms in total. The molecule has 1 unspecified atom stereocenters. The number of hydrogen-bond donors (Lipinski definition) is 0. The van der Waals surface area contributed by atoms with Gasteiger partial charge in [-0.2, -0.15) is 0 Å². The monoisotopic (exact) mass is 342 g/mol. The van der Waals surface area contributed by atoms with Crippen molar-refractivity contribution in [3.8, 4) is 11.5 Å². The lowest BCUT2D eigenvalue weighted by atomic mass is 10.0. The van der Waals surface area contributed by atoms with Gasteiger partial charge in [0.1, 0.15) is 11.5 Å². The molecular weight excluding hydrogens is 316 g/mol. The molecular formula is C21H26O4. The van der Waals surface area contributed by atoms with E-state index in [0.29, 0.717) is 0 Å². The summed E-state index contributed by atoms with van der Waals surface area (Å²) in [7, 11) is 3.37. The Morgan fingerprint density at radius 1 is 1.16 bits per heavy atom. The second-order valence-corrected chi connectivity index (χ2v) is 6.17. The van der Waals surface area contributed by atoms with Gasteiger partial charge in [-0.3, -0.25) is 0 Å². The first-order valence-electron chi connectivity index (χ1n) is 8.88. The van der Waals surface area contributed by atoms with Crippen molar-refractivity contribution in [2.45, 2.75) is 38.4 Å². The molecule has 0 aliphatic carbocycles. The highest BCUT2D eigenvalue weighted by molar-refractivity contribution is 5.94. The van der Waals surface area contributed by atoms with Gasteiger partial charge in [0.05, 0.1) is 27.1 Å². The van der Waals surface area contributed by atoms with E-state index in [1.807, 2.05) is 18.2 Å². The van der Waals surface area contributed by atoms with E-state index >= 15 is 0 Å². The van der Waals surface area contributed by atoms with Gasteiger partial charge >= 0.3 is 0 Å². The van der Waals surface area contributed by atoms with Crippen LogP contribution in [0.4, 0.5) is 0 Å². The molecule has 1 saturated heterocycles. The van der Waals surface area contributed by atoms with E-state index in [0.717, 1.165) is 66.5 Å². The third-order valence-corrected chi connectivity index (χ3v) is 4.45. The van der Waals surface area contributed by atoms with Crippen molar-refractivity contribution in [3.05, 3.63) is 48.2 Å². The summed E-state index contributed by atoms with van der Waals surface area (Å²) in [5.41, 5.74) is 1.13. The molecule has 1 aliphatic heterocycles. The Bertz CT molecular complexity index is 717. The predicted molar refractivity (Wildman–Crippen MR) is 99.2 cm³/mol. The van der Waals surface area contributed by atoms with Crippen molar-refractivity contribution in [1.82, 2.24) is 0 Å². The van der Waals surface area contributed by atoms with Crippen LogP contribution in [0.3, 0.4) is 0 Å². The topological polar surface area (TPSA) is 36.9 Å². The Morgan fingerprint density at radius 3 is 2.72 bits per heavy atom. The van der Waals surface area contributed by atoms with Gasteiger partial charge < -0.3 is 18.9 Å². The minimum absolute atomic E-state index is 0.168. The molecule has 0 spiro atoms. The highest BCUT2D eigenvalue weighted by Crippen LogP contribution is 2.38. The van der Waals surface area contributed by atoms with Crippen molar-refractivity contribution in [2.24, 2.45) is 0 Å². The molecule has 2 aromatic rings. The summed E-state index contributed by atoms with van der Waals surface area (Å²) in [6.45, 7) is 0.769. The van der Waals surface area contributed by atoms with E-state index in [4.69, 9.17) is 18.9 Å². The Morgan fingerprint density at radius 2 is 2.00 bits per heavy atom. The number of hydrogen-bond acceptors (Lipinski definition) is 4. The fourth-order valence-electron chi connectivity index (χ4n) is 3.20. The first-order chi connectivity index (χ1) is 12.3. The SMILES string of the molecule is CO/C=C/CCc1cc(OC)c2ccccc2c1OC1CCCCO1. The van der Waals surface area contributed by atoms with Gasteiger partial charge in [0.25, 0.3) is 0 Å². The number of ether oxygens (including phenoxy) is 4. The summed E-state index contributed by atoms with van der Waals surface area (Å²) in [6, 6.07) is 10.3. The van der Waals surface area contributed by atoms with E-state index in [1.54, 1.807) is 20.5 Å². The lowest BCUT2D eigenvalue weighted by molar-refractivity contribution is -0.105. The van der Waals surface area contributed by atoms with Gasteiger partial charge in [0, 0.05) is 17.2 Å². The predicted octanol–water partition coefficient (Wildman–Crippen LogP) is 4.85. The maximum Gasteiger partial charge on any atom is 0.199 e. The summed E-state index contributed by atoms with van der Waals surface area (Å²) < 4.78 is 22.7. The maximum absolute atomic E-state index is 6.32. The standard InChI is InChI=1S/C21H26O4/c1-22-13-7-5-9-16-15-19(23-2)17-10-3-4-11-18(17)21(16)25-20-12-6-8-14-24-20/h3-4,7,10-11,13,15,20H,5-6,8-9,12,14H2,1-2H3/b13-7+. The van der Waals surface area contributed by atoms with Crippen LogP contribution in [0, 0.1) is 0 Å². The molecule has 1 atom stereocenters. The summed E-state index contributed by atoms with van der Waals surface area (Å²) in [4.78, 5) is 0. The number of rotatable bonds is 7. The van der Waals surface area contributed by atoms with Crippen molar-refractivity contribution >= 4 is 10.8 Å². The molecule has 0 saturated carbocycles. The second kappa shape index (κ2) is 8.77. The largest absolute Gasteiger partial charge is 0.505 e. The maximum atomic E-state index is 6.32. The molecule has 4 heteroatoms. The summed E-state index contributed by atoms with van der Waals surface area (Å²) in [5, 5.41) is 2.13. The van der Waals surface area contributed by atoms with Crippen molar-refractivity contribution in [3.63, 3.8) is 0 Å². The van der Waals surface area contributed by atoms with E-state index in [-0.39, 0.29) is 6.29 Å². The average Bonchev–Trinajstić information content (AvgIpc) is 2.67. The molecule has 0 N–H and O–H groups in total. The highest BCUT2D eigenvalue weighted by atomic mass is 16.7. The van der Waals surface area contributed by atoms with Crippen LogP contribution in [-0.4, -0.2) is 27.1 Å². The number of aryl methyl sites for hydroxylation is 1. The summed E-state index contributed by atoms with van der Waals surface area (Å²) >= 11 is 0. The van der Waals surface area contributed by atoms with Crippen LogP contribution in [0.5, 0.6) is 11.5 Å². The number of methoxy groups -OCH3 is 2. The molecule has 0 bridgehead atoms. The molecule has 1 aliphatic rings. The molecule has 3 rings (SSSR count). The third kappa shape index (κ3) is 4.26. The fourth-order valence-corrected chi connectivity index (χ4v) is 3.20. The average molecular weight is 342 g/mol. The Labute approximate surface area is 149 Å². The minimum atomic E-state index is -0.168. The van der Waals surface area contributed by atoms with Crippen LogP contribution in [0.15, 0.2) is 42.7 Å². The van der Waals surface area contributed by atoms with E-state index < -0.39 is 0 Å². The zero-order valence-corrected chi connectivity index (χ0v) is 15.0. The van der Waals surface area contributed by atoms with Gasteiger partial charge in [-0.15, -0.1) is 0 Å². The van der Waals surface area contributed by atoms with Gasteiger partial charge in [-0.1, -0.05) is 24.3 Å². The van der Waals surface area contributed by atoms with Crippen LogP contribution >= 0.6 is 0 Å². The van der Waals surface area contributed by atoms with Gasteiger partial charge in [0.15, 0.2) is 6.29 Å². The van der Waals surface area contributed by atoms with Crippen LogP contribution in [0.1, 0.15) is 31.2 Å². The number of allylic oxidation sites excluding steroid dienone is 1. The van der Waals surface area contributed by atoms with Crippen molar-refractivity contribution in [1.29, 1.82) is 0 Å². The van der Waals surface area contributed by atoms with Crippen molar-refractivity contribution in [2.75, 3.05) is 20.8 Å². The van der Waals surface area contributed by atoms with E-state index in [1.165, 1.54) is 0 Å². The highest BCUT2D eigenvalue weighted by Gasteiger charge is 2.20. The number of benzene rings is 2. The van der Waals surface area contributed by atoms with Crippen LogP contribution in [0.25, 0.3) is 10.8 Å². The van der Waals surface area contributed by atoms with Crippen molar-refractivity contribution < 1.29 is 18.9 Å². The molecule has 1 heterocycles. The van der Waals surface area contributed by atoms with Gasteiger partial charge in [-0.25, -0.2) is 0 Å². The normalized spacial score (nSPS) is 17.8. The first-order valence-corrected chi connectivity index (χ1v) is 8.88. The van der Waals surface area contributed by atoms with Crippen LogP contribution in [0.2, 0.25) is 0 Å². The second-order valence-electron chi connectivity index (χ2n) is 6.17. The van der Waals surface area contributed by atoms with Gasteiger partial charge in [-0.05, 0) is 43.4 Å². The molecule has 2 aromatic carbocycles. The Balaban J connectivity index is 1.97. The molecule has 134 valence electrons. The molecule has 0 radical (unpaired) electrons. The minimum Gasteiger partial charge on any atom is -0.505 e. The molecule has 1 fully saturated rings.